The topological polar surface area (TPSA) is 0 Å². The van der Waals surface area contributed by atoms with Crippen LogP contribution in [0.25, 0.3) is 0 Å². The molecule has 104 valence electrons. The summed E-state index contributed by atoms with van der Waals surface area (Å²) in [5, 5.41) is 9.33. The SMILES string of the molecule is CC(C)c1cscc1C(C)(C)c1cscc1C(C)C. The molecule has 2 rings (SSSR count). The molecule has 0 saturated heterocycles. The third-order valence-electron chi connectivity index (χ3n) is 3.97. The lowest BCUT2D eigenvalue weighted by Crippen LogP contribution is -2.21. The van der Waals surface area contributed by atoms with Crippen molar-refractivity contribution in [3.05, 3.63) is 43.8 Å². The van der Waals surface area contributed by atoms with Crippen LogP contribution < -0.4 is 0 Å². The van der Waals surface area contributed by atoms with Crippen LogP contribution in [0, 0.1) is 0 Å². The summed E-state index contributed by atoms with van der Waals surface area (Å²) in [4.78, 5) is 0. The normalized spacial score (nSPS) is 12.6. The zero-order valence-electron chi connectivity index (χ0n) is 12.8. The average molecular weight is 293 g/mol. The molecular weight excluding hydrogens is 268 g/mol. The number of hydrogen-bond donors (Lipinski definition) is 0. The van der Waals surface area contributed by atoms with Crippen LogP contribution in [0.5, 0.6) is 0 Å². The molecular formula is C17H24S2. The van der Waals surface area contributed by atoms with Gasteiger partial charge in [-0.3, -0.25) is 0 Å². The third kappa shape index (κ3) is 2.66. The monoisotopic (exact) mass is 292 g/mol. The molecule has 0 aliphatic heterocycles. The average Bonchev–Trinajstić information content (AvgIpc) is 2.98. The Hall–Kier alpha value is -0.600. The van der Waals surface area contributed by atoms with Crippen molar-refractivity contribution in [2.45, 2.75) is 58.8 Å². The molecule has 0 spiro atoms. The van der Waals surface area contributed by atoms with Gasteiger partial charge in [0.15, 0.2) is 0 Å². The van der Waals surface area contributed by atoms with Crippen molar-refractivity contribution >= 4 is 22.7 Å². The van der Waals surface area contributed by atoms with Crippen molar-refractivity contribution in [1.82, 2.24) is 0 Å². The number of thiophene rings is 2. The molecule has 0 bridgehead atoms. The second-order valence-electron chi connectivity index (χ2n) is 6.42. The van der Waals surface area contributed by atoms with Gasteiger partial charge in [0.05, 0.1) is 0 Å². The van der Waals surface area contributed by atoms with Gasteiger partial charge in [-0.25, -0.2) is 0 Å². The summed E-state index contributed by atoms with van der Waals surface area (Å²) in [6.45, 7) is 13.9. The van der Waals surface area contributed by atoms with Gasteiger partial charge in [-0.15, -0.1) is 0 Å². The minimum atomic E-state index is 0.110. The Labute approximate surface area is 125 Å². The molecule has 0 radical (unpaired) electrons. The molecule has 2 heterocycles. The van der Waals surface area contributed by atoms with E-state index < -0.39 is 0 Å². The summed E-state index contributed by atoms with van der Waals surface area (Å²) < 4.78 is 0. The van der Waals surface area contributed by atoms with Gasteiger partial charge in [0.25, 0.3) is 0 Å². The van der Waals surface area contributed by atoms with Gasteiger partial charge >= 0.3 is 0 Å². The summed E-state index contributed by atoms with van der Waals surface area (Å²) in [6, 6.07) is 0. The first kappa shape index (κ1) is 14.8. The first-order valence-electron chi connectivity index (χ1n) is 6.98. The Morgan fingerprint density at radius 1 is 0.737 bits per heavy atom. The fraction of sp³-hybridized carbons (Fsp3) is 0.529. The van der Waals surface area contributed by atoms with E-state index in [1.807, 2.05) is 22.7 Å². The molecule has 0 aromatic carbocycles. The fourth-order valence-corrected chi connectivity index (χ4v) is 5.03. The maximum atomic E-state index is 2.37. The van der Waals surface area contributed by atoms with Crippen LogP contribution in [0.2, 0.25) is 0 Å². The molecule has 0 amide bonds. The second kappa shape index (κ2) is 5.41. The highest BCUT2D eigenvalue weighted by Gasteiger charge is 2.30. The molecule has 0 aliphatic rings. The van der Waals surface area contributed by atoms with Crippen LogP contribution in [0.4, 0.5) is 0 Å². The number of rotatable bonds is 4. The van der Waals surface area contributed by atoms with Crippen molar-refractivity contribution in [2.24, 2.45) is 0 Å². The van der Waals surface area contributed by atoms with Crippen LogP contribution in [0.3, 0.4) is 0 Å². The van der Waals surface area contributed by atoms with Crippen molar-refractivity contribution < 1.29 is 0 Å². The van der Waals surface area contributed by atoms with Crippen molar-refractivity contribution in [1.29, 1.82) is 0 Å². The van der Waals surface area contributed by atoms with Gasteiger partial charge in [0.2, 0.25) is 0 Å². The van der Waals surface area contributed by atoms with Crippen molar-refractivity contribution in [3.8, 4) is 0 Å². The van der Waals surface area contributed by atoms with E-state index in [0.717, 1.165) is 0 Å². The van der Waals surface area contributed by atoms with Crippen LogP contribution in [0.1, 0.15) is 75.6 Å². The van der Waals surface area contributed by atoms with Gasteiger partial charge in [-0.2, -0.15) is 22.7 Å². The maximum absolute atomic E-state index is 2.37. The number of hydrogen-bond acceptors (Lipinski definition) is 2. The summed E-state index contributed by atoms with van der Waals surface area (Å²) in [5.41, 5.74) is 6.14. The Kier molecular flexibility index (Phi) is 4.22. The molecule has 0 aliphatic carbocycles. The molecule has 0 nitrogen and oxygen atoms in total. The van der Waals surface area contributed by atoms with E-state index in [9.17, 15) is 0 Å². The van der Waals surface area contributed by atoms with Crippen LogP contribution in [0.15, 0.2) is 21.5 Å². The van der Waals surface area contributed by atoms with E-state index in [2.05, 4.69) is 63.1 Å². The molecule has 2 aromatic heterocycles. The quantitative estimate of drug-likeness (QED) is 0.613. The Balaban J connectivity index is 2.52. The maximum Gasteiger partial charge on any atom is 0.0168 e. The van der Waals surface area contributed by atoms with Gasteiger partial charge in [-0.05, 0) is 55.6 Å². The van der Waals surface area contributed by atoms with E-state index in [4.69, 9.17) is 0 Å². The first-order chi connectivity index (χ1) is 8.85. The zero-order valence-corrected chi connectivity index (χ0v) is 14.4. The molecule has 0 saturated carbocycles. The highest BCUT2D eigenvalue weighted by molar-refractivity contribution is 7.08. The minimum Gasteiger partial charge on any atom is -0.152 e. The lowest BCUT2D eigenvalue weighted by atomic mass is 9.74. The van der Waals surface area contributed by atoms with E-state index in [1.54, 1.807) is 0 Å². The smallest absolute Gasteiger partial charge is 0.0168 e. The highest BCUT2D eigenvalue weighted by Crippen LogP contribution is 2.42. The fourth-order valence-electron chi connectivity index (χ4n) is 2.67. The lowest BCUT2D eigenvalue weighted by molar-refractivity contribution is 0.616. The highest BCUT2D eigenvalue weighted by atomic mass is 32.1. The van der Waals surface area contributed by atoms with Gasteiger partial charge < -0.3 is 0 Å². The van der Waals surface area contributed by atoms with E-state index >= 15 is 0 Å². The van der Waals surface area contributed by atoms with Gasteiger partial charge in [0.1, 0.15) is 0 Å². The van der Waals surface area contributed by atoms with Gasteiger partial charge in [-0.1, -0.05) is 41.5 Å². The Bertz CT molecular complexity index is 493. The zero-order chi connectivity index (χ0) is 14.2. The summed E-state index contributed by atoms with van der Waals surface area (Å²) in [6.07, 6.45) is 0. The molecule has 0 N–H and O–H groups in total. The molecule has 19 heavy (non-hydrogen) atoms. The largest absolute Gasteiger partial charge is 0.152 e. The Morgan fingerprint density at radius 3 is 1.42 bits per heavy atom. The predicted molar refractivity (Wildman–Crippen MR) is 88.9 cm³/mol. The first-order valence-corrected chi connectivity index (χ1v) is 8.87. The molecule has 0 fully saturated rings. The molecule has 2 heteroatoms. The van der Waals surface area contributed by atoms with E-state index in [1.165, 1.54) is 22.3 Å². The third-order valence-corrected chi connectivity index (χ3v) is 5.50. The molecule has 0 unspecified atom stereocenters. The Morgan fingerprint density at radius 2 is 1.11 bits per heavy atom. The van der Waals surface area contributed by atoms with Crippen molar-refractivity contribution in [3.63, 3.8) is 0 Å². The minimum absolute atomic E-state index is 0.110. The van der Waals surface area contributed by atoms with Crippen LogP contribution in [-0.2, 0) is 5.41 Å². The molecule has 2 aromatic rings. The van der Waals surface area contributed by atoms with Crippen LogP contribution in [-0.4, -0.2) is 0 Å². The van der Waals surface area contributed by atoms with Gasteiger partial charge in [0, 0.05) is 5.41 Å². The summed E-state index contributed by atoms with van der Waals surface area (Å²) in [7, 11) is 0. The summed E-state index contributed by atoms with van der Waals surface area (Å²) in [5.74, 6) is 1.20. The van der Waals surface area contributed by atoms with E-state index in [0.29, 0.717) is 11.8 Å². The van der Waals surface area contributed by atoms with Crippen molar-refractivity contribution in [2.75, 3.05) is 0 Å². The lowest BCUT2D eigenvalue weighted by Gasteiger charge is -2.28. The summed E-state index contributed by atoms with van der Waals surface area (Å²) >= 11 is 3.67. The van der Waals surface area contributed by atoms with Crippen LogP contribution >= 0.6 is 22.7 Å². The standard InChI is InChI=1S/C17H24S2/c1-11(2)13-7-18-9-15(13)17(5,6)16-10-19-8-14(16)12(3)4/h7-12H,1-6H3. The van der Waals surface area contributed by atoms with E-state index in [-0.39, 0.29) is 5.41 Å². The second-order valence-corrected chi connectivity index (χ2v) is 7.90. The molecule has 0 atom stereocenters. The predicted octanol–water partition coefficient (Wildman–Crippen LogP) is 6.38.